The van der Waals surface area contributed by atoms with Crippen molar-refractivity contribution in [3.8, 4) is 0 Å². The van der Waals surface area contributed by atoms with Gasteiger partial charge < -0.3 is 10.1 Å². The number of aromatic nitrogens is 2. The van der Waals surface area contributed by atoms with Crippen molar-refractivity contribution < 1.29 is 4.79 Å². The predicted octanol–water partition coefficient (Wildman–Crippen LogP) is 1.56. The second kappa shape index (κ2) is 4.44. The zero-order valence-electron chi connectivity index (χ0n) is 8.58. The van der Waals surface area contributed by atoms with Gasteiger partial charge in [-0.15, -0.1) is 0 Å². The van der Waals surface area contributed by atoms with Crippen LogP contribution in [0.4, 0.5) is 0 Å². The molecule has 0 spiro atoms. The fourth-order valence-corrected chi connectivity index (χ4v) is 1.34. The van der Waals surface area contributed by atoms with Gasteiger partial charge in [0.15, 0.2) is 0 Å². The van der Waals surface area contributed by atoms with E-state index >= 15 is 0 Å². The molecule has 2 rings (SSSR count). The van der Waals surface area contributed by atoms with E-state index in [0.29, 0.717) is 5.56 Å². The number of hydrogen-bond acceptors (Lipinski definition) is 2. The summed E-state index contributed by atoms with van der Waals surface area (Å²) in [5, 5.41) is 0. The van der Waals surface area contributed by atoms with E-state index in [1.165, 1.54) is 0 Å². The first-order valence-corrected chi connectivity index (χ1v) is 4.82. The van der Waals surface area contributed by atoms with Crippen molar-refractivity contribution in [2.45, 2.75) is 0 Å². The molecule has 0 saturated carbocycles. The van der Waals surface area contributed by atoms with Crippen molar-refractivity contribution >= 4 is 11.4 Å². The number of amides is 1. The molecular formula is C12H11N3O. The molecule has 80 valence electrons. The topological polar surface area (TPSA) is 60.4 Å². The number of rotatable bonds is 1. The molecule has 2 aromatic rings. The van der Waals surface area contributed by atoms with Crippen molar-refractivity contribution in [2.75, 3.05) is 0 Å². The first-order valence-electron chi connectivity index (χ1n) is 4.82. The molecule has 2 aromatic heterocycles. The summed E-state index contributed by atoms with van der Waals surface area (Å²) in [7, 11) is 0. The quantitative estimate of drug-likeness (QED) is 0.781. The van der Waals surface area contributed by atoms with E-state index in [1.54, 1.807) is 35.1 Å². The molecule has 4 nitrogen and oxygen atoms in total. The van der Waals surface area contributed by atoms with Crippen LogP contribution in [0.2, 0.25) is 0 Å². The van der Waals surface area contributed by atoms with Crippen molar-refractivity contribution in [3.05, 3.63) is 60.7 Å². The number of hydrogen-bond donors (Lipinski definition) is 1. The van der Waals surface area contributed by atoms with Gasteiger partial charge in [0.1, 0.15) is 0 Å². The maximum Gasteiger partial charge on any atom is 0.250 e. The Labute approximate surface area is 92.7 Å². The van der Waals surface area contributed by atoms with Crippen LogP contribution in [-0.4, -0.2) is 15.3 Å². The molecule has 0 aliphatic rings. The number of pyridine rings is 1. The van der Waals surface area contributed by atoms with E-state index in [-0.39, 0.29) is 0 Å². The summed E-state index contributed by atoms with van der Waals surface area (Å²) in [6.07, 6.45) is 6.93. The van der Waals surface area contributed by atoms with Crippen LogP contribution in [0.15, 0.2) is 55.1 Å². The van der Waals surface area contributed by atoms with E-state index in [1.807, 2.05) is 24.4 Å². The van der Waals surface area contributed by atoms with Crippen molar-refractivity contribution in [1.29, 1.82) is 0 Å². The van der Waals surface area contributed by atoms with Gasteiger partial charge in [-0.2, -0.15) is 0 Å². The summed E-state index contributed by atoms with van der Waals surface area (Å²) in [6, 6.07) is 9.02. The third-order valence-electron chi connectivity index (χ3n) is 2.14. The molecule has 2 N–H and O–H groups in total. The fraction of sp³-hybridized carbons (Fsp3) is 0. The zero-order chi connectivity index (χ0) is 11.4. The van der Waals surface area contributed by atoms with Gasteiger partial charge in [-0.25, -0.2) is 0 Å². The average molecular weight is 213 g/mol. The van der Waals surface area contributed by atoms with Gasteiger partial charge in [-0.05, 0) is 24.3 Å². The van der Waals surface area contributed by atoms with E-state index in [9.17, 15) is 4.79 Å². The summed E-state index contributed by atoms with van der Waals surface area (Å²) >= 11 is 0. The van der Waals surface area contributed by atoms with Crippen LogP contribution < -0.4 is 5.73 Å². The van der Waals surface area contributed by atoms with Crippen LogP contribution in [0.5, 0.6) is 0 Å². The van der Waals surface area contributed by atoms with E-state index in [4.69, 9.17) is 5.73 Å². The number of primary amides is 1. The van der Waals surface area contributed by atoms with E-state index < -0.39 is 5.91 Å². The second-order valence-electron chi connectivity index (χ2n) is 3.27. The fourth-order valence-electron chi connectivity index (χ4n) is 1.34. The number of carbonyl (C=O) groups is 1. The molecule has 2 heterocycles. The van der Waals surface area contributed by atoms with Crippen LogP contribution in [0.25, 0.3) is 5.52 Å². The lowest BCUT2D eigenvalue weighted by Gasteiger charge is -1.99. The third kappa shape index (κ3) is 2.17. The Balaban J connectivity index is 2.74. The molecule has 0 aliphatic heterocycles. The van der Waals surface area contributed by atoms with Gasteiger partial charge in [0.25, 0.3) is 0 Å². The number of nitrogens with zero attached hydrogens (tertiary/aromatic N) is 2. The molecule has 0 aliphatic carbocycles. The smallest absolute Gasteiger partial charge is 0.250 e. The highest BCUT2D eigenvalue weighted by atomic mass is 16.1. The summed E-state index contributed by atoms with van der Waals surface area (Å²) in [6.45, 7) is 0. The molecule has 0 unspecified atom stereocenters. The van der Waals surface area contributed by atoms with E-state index in [2.05, 4.69) is 4.98 Å². The molecule has 4 heteroatoms. The van der Waals surface area contributed by atoms with E-state index in [0.717, 1.165) is 5.52 Å². The second-order valence-corrected chi connectivity index (χ2v) is 3.27. The molecule has 1 amide bonds. The maximum atomic E-state index is 11.0. The van der Waals surface area contributed by atoms with Crippen LogP contribution in [0.3, 0.4) is 0 Å². The molecule has 0 atom stereocenters. The van der Waals surface area contributed by atoms with Gasteiger partial charge in [-0.3, -0.25) is 9.78 Å². The highest BCUT2D eigenvalue weighted by Gasteiger charge is 1.98. The van der Waals surface area contributed by atoms with Crippen LogP contribution in [-0.2, 0) is 0 Å². The lowest BCUT2D eigenvalue weighted by Crippen LogP contribution is -2.11. The predicted molar refractivity (Wildman–Crippen MR) is 61.3 cm³/mol. The van der Waals surface area contributed by atoms with Crippen molar-refractivity contribution in [1.82, 2.24) is 9.38 Å². The van der Waals surface area contributed by atoms with Gasteiger partial charge in [0.2, 0.25) is 5.91 Å². The molecule has 16 heavy (non-hydrogen) atoms. The Hall–Kier alpha value is -2.36. The van der Waals surface area contributed by atoms with Crippen LogP contribution >= 0.6 is 0 Å². The van der Waals surface area contributed by atoms with Gasteiger partial charge in [0, 0.05) is 18.6 Å². The summed E-state index contributed by atoms with van der Waals surface area (Å²) in [5.74, 6) is -0.442. The Morgan fingerprint density at radius 3 is 2.94 bits per heavy atom. The number of nitrogens with two attached hydrogens (primary N) is 1. The molecular weight excluding hydrogens is 202 g/mol. The Morgan fingerprint density at radius 2 is 2.12 bits per heavy atom. The summed E-state index contributed by atoms with van der Waals surface area (Å²) in [5.41, 5.74) is 6.56. The first kappa shape index (κ1) is 10.2. The highest BCUT2D eigenvalue weighted by molar-refractivity contribution is 5.92. The van der Waals surface area contributed by atoms with Crippen molar-refractivity contribution in [3.63, 3.8) is 0 Å². The Morgan fingerprint density at radius 1 is 1.25 bits per heavy atom. The minimum absolute atomic E-state index is 0.442. The molecule has 0 fully saturated rings. The normalized spacial score (nSPS) is 9.75. The summed E-state index contributed by atoms with van der Waals surface area (Å²) < 4.78 is 1.80. The lowest BCUT2D eigenvalue weighted by atomic mass is 10.2. The van der Waals surface area contributed by atoms with Crippen molar-refractivity contribution in [2.24, 2.45) is 5.73 Å². The molecule has 0 aromatic carbocycles. The molecule has 0 saturated heterocycles. The molecule has 0 bridgehead atoms. The maximum absolute atomic E-state index is 11.0. The molecule has 0 radical (unpaired) electrons. The van der Waals surface area contributed by atoms with Gasteiger partial charge in [0.05, 0.1) is 17.3 Å². The van der Waals surface area contributed by atoms with Gasteiger partial charge in [-0.1, -0.05) is 6.07 Å². The zero-order valence-corrected chi connectivity index (χ0v) is 8.58. The van der Waals surface area contributed by atoms with Crippen LogP contribution in [0, 0.1) is 0 Å². The number of fused-ring (bicyclic) bond motifs is 1. The van der Waals surface area contributed by atoms with Crippen LogP contribution in [0.1, 0.15) is 10.4 Å². The monoisotopic (exact) mass is 213 g/mol. The minimum atomic E-state index is -0.442. The minimum Gasteiger partial charge on any atom is -0.366 e. The average Bonchev–Trinajstić information content (AvgIpc) is 2.39. The largest absolute Gasteiger partial charge is 0.366 e. The SMILES string of the molecule is NC(=O)c1ccc2cncccccn2c1. The lowest BCUT2D eigenvalue weighted by molar-refractivity contribution is 0.1000. The highest BCUT2D eigenvalue weighted by Crippen LogP contribution is 2.03. The Bertz CT molecular complexity index is 573. The van der Waals surface area contributed by atoms with Gasteiger partial charge >= 0.3 is 0 Å². The standard InChI is InChI=1S/C12H11N3O/c13-12(16)10-4-5-11-8-14-6-2-1-3-7-15(11)9-10/h1-9H,(H2,13,16). The first-order chi connectivity index (χ1) is 7.77. The Kier molecular flexibility index (Phi) is 2.82. The number of carbonyl (C=O) groups excluding carboxylic acids is 1. The summed E-state index contributed by atoms with van der Waals surface area (Å²) in [4.78, 5) is 15.1. The third-order valence-corrected chi connectivity index (χ3v) is 2.14.